The minimum absolute atomic E-state index is 0.193. The van der Waals surface area contributed by atoms with Gasteiger partial charge in [0.1, 0.15) is 0 Å². The van der Waals surface area contributed by atoms with Gasteiger partial charge in [0.25, 0.3) is 6.71 Å². The first kappa shape index (κ1) is 19.3. The zero-order chi connectivity index (χ0) is 22.6. The van der Waals surface area contributed by atoms with Gasteiger partial charge in [-0.15, -0.1) is 0 Å². The first-order valence-corrected chi connectivity index (χ1v) is 11.8. The van der Waals surface area contributed by atoms with Crippen molar-refractivity contribution in [1.82, 2.24) is 0 Å². The van der Waals surface area contributed by atoms with Crippen molar-refractivity contribution in [3.8, 4) is 0 Å². The van der Waals surface area contributed by atoms with E-state index in [0.717, 1.165) is 0 Å². The Balaban J connectivity index is 1.60. The maximum atomic E-state index is 2.44. The Morgan fingerprint density at radius 1 is 0.471 bits per heavy atom. The zero-order valence-electron chi connectivity index (χ0n) is 19.0. The Morgan fingerprint density at radius 2 is 0.882 bits per heavy atom. The highest BCUT2D eigenvalue weighted by Gasteiger charge is 2.42. The van der Waals surface area contributed by atoms with Crippen LogP contribution < -0.4 is 26.2 Å². The third-order valence-electron chi connectivity index (χ3n) is 7.06. The molecule has 2 aliphatic heterocycles. The molecule has 2 heterocycles. The van der Waals surface area contributed by atoms with E-state index in [4.69, 9.17) is 0 Å². The van der Waals surface area contributed by atoms with E-state index in [1.807, 2.05) is 0 Å². The molecule has 0 unspecified atom stereocenters. The summed E-state index contributed by atoms with van der Waals surface area (Å²) in [5.74, 6) is 0. The van der Waals surface area contributed by atoms with Crippen molar-refractivity contribution in [3.05, 3.63) is 127 Å². The van der Waals surface area contributed by atoms with Crippen LogP contribution in [0.3, 0.4) is 0 Å². The van der Waals surface area contributed by atoms with Crippen molar-refractivity contribution in [2.75, 3.05) is 9.80 Å². The van der Waals surface area contributed by atoms with E-state index in [1.165, 1.54) is 56.1 Å². The summed E-state index contributed by atoms with van der Waals surface area (Å²) in [5, 5.41) is 0. The summed E-state index contributed by atoms with van der Waals surface area (Å²) in [5.41, 5.74) is 12.7. The molecule has 2 nitrogen and oxygen atoms in total. The molecule has 0 aromatic heterocycles. The van der Waals surface area contributed by atoms with Gasteiger partial charge in [0.2, 0.25) is 0 Å². The van der Waals surface area contributed by atoms with E-state index in [2.05, 4.69) is 138 Å². The highest BCUT2D eigenvalue weighted by molar-refractivity contribution is 7.00. The Bertz CT molecular complexity index is 1420. The second kappa shape index (κ2) is 7.39. The monoisotopic (exact) mass is 434 g/mol. The van der Waals surface area contributed by atoms with E-state index in [0.29, 0.717) is 0 Å². The number of nitrogens with zero attached hydrogens (tertiary/aromatic N) is 2. The molecule has 160 valence electrons. The Morgan fingerprint density at radius 3 is 1.35 bits per heavy atom. The van der Waals surface area contributed by atoms with Crippen LogP contribution in [0.25, 0.3) is 0 Å². The number of anilines is 6. The fraction of sp³-hybridized carbons (Fsp3) is 0.0323. The summed E-state index contributed by atoms with van der Waals surface area (Å²) >= 11 is 0. The highest BCUT2D eigenvalue weighted by atomic mass is 15.2. The molecule has 0 saturated heterocycles. The molecule has 0 aliphatic carbocycles. The molecule has 0 spiro atoms. The molecule has 34 heavy (non-hydrogen) atoms. The maximum absolute atomic E-state index is 2.44. The number of rotatable bonds is 2. The summed E-state index contributed by atoms with van der Waals surface area (Å²) in [4.78, 5) is 4.88. The smallest absolute Gasteiger partial charge is 0.252 e. The lowest BCUT2D eigenvalue weighted by Crippen LogP contribution is -2.61. The molecule has 0 radical (unpaired) electrons. The summed E-state index contributed by atoms with van der Waals surface area (Å²) in [7, 11) is 0. The van der Waals surface area contributed by atoms with E-state index in [1.54, 1.807) is 0 Å². The first-order chi connectivity index (χ1) is 16.8. The third-order valence-corrected chi connectivity index (χ3v) is 7.06. The van der Waals surface area contributed by atoms with Crippen LogP contribution in [0.2, 0.25) is 0 Å². The molecular weight excluding hydrogens is 411 g/mol. The molecule has 2 aliphatic rings. The summed E-state index contributed by atoms with van der Waals surface area (Å²) in [6.07, 6.45) is 0. The Hall–Kier alpha value is -4.24. The van der Waals surface area contributed by atoms with Crippen LogP contribution in [0.4, 0.5) is 34.1 Å². The predicted octanol–water partition coefficient (Wildman–Crippen LogP) is 6.08. The van der Waals surface area contributed by atoms with Crippen molar-refractivity contribution in [2.24, 2.45) is 0 Å². The SMILES string of the molecule is Cc1cc2c3c(c1)N(c1ccccc1)c1ccccc1B3c1ccccc1N2c1ccccc1. The van der Waals surface area contributed by atoms with Gasteiger partial charge in [-0.25, -0.2) is 0 Å². The number of aryl methyl sites for hydroxylation is 1. The van der Waals surface area contributed by atoms with E-state index in [-0.39, 0.29) is 6.71 Å². The second-order valence-corrected chi connectivity index (χ2v) is 9.11. The summed E-state index contributed by atoms with van der Waals surface area (Å²) in [6.45, 7) is 2.40. The molecule has 0 fully saturated rings. The lowest BCUT2D eigenvalue weighted by Gasteiger charge is -2.44. The highest BCUT2D eigenvalue weighted by Crippen LogP contribution is 2.43. The van der Waals surface area contributed by atoms with Crippen LogP contribution in [0.1, 0.15) is 5.56 Å². The minimum Gasteiger partial charge on any atom is -0.311 e. The third kappa shape index (κ3) is 2.70. The van der Waals surface area contributed by atoms with Crippen molar-refractivity contribution < 1.29 is 0 Å². The van der Waals surface area contributed by atoms with Gasteiger partial charge < -0.3 is 9.80 Å². The first-order valence-electron chi connectivity index (χ1n) is 11.8. The fourth-order valence-corrected chi connectivity index (χ4v) is 5.74. The number of hydrogen-bond acceptors (Lipinski definition) is 2. The maximum Gasteiger partial charge on any atom is 0.252 e. The van der Waals surface area contributed by atoms with Crippen molar-refractivity contribution in [3.63, 3.8) is 0 Å². The normalized spacial score (nSPS) is 13.3. The van der Waals surface area contributed by atoms with Crippen molar-refractivity contribution in [2.45, 2.75) is 6.92 Å². The van der Waals surface area contributed by atoms with E-state index < -0.39 is 0 Å². The van der Waals surface area contributed by atoms with Gasteiger partial charge >= 0.3 is 0 Å². The van der Waals surface area contributed by atoms with Crippen molar-refractivity contribution in [1.29, 1.82) is 0 Å². The average Bonchev–Trinajstić information content (AvgIpc) is 2.89. The van der Waals surface area contributed by atoms with E-state index in [9.17, 15) is 0 Å². The lowest BCUT2D eigenvalue weighted by atomic mass is 9.33. The molecule has 5 aromatic rings. The van der Waals surface area contributed by atoms with Crippen LogP contribution in [-0.2, 0) is 0 Å². The molecular formula is C31H23BN2. The molecule has 0 N–H and O–H groups in total. The lowest BCUT2D eigenvalue weighted by molar-refractivity contribution is 1.24. The van der Waals surface area contributed by atoms with Crippen LogP contribution in [0.15, 0.2) is 121 Å². The molecule has 0 saturated carbocycles. The predicted molar refractivity (Wildman–Crippen MR) is 145 cm³/mol. The largest absolute Gasteiger partial charge is 0.311 e. The molecule has 0 bridgehead atoms. The van der Waals surface area contributed by atoms with Gasteiger partial charge in [0, 0.05) is 34.1 Å². The Labute approximate surface area is 200 Å². The van der Waals surface area contributed by atoms with E-state index >= 15 is 0 Å². The topological polar surface area (TPSA) is 6.48 Å². The van der Waals surface area contributed by atoms with Crippen molar-refractivity contribution >= 4 is 57.2 Å². The number of benzene rings is 5. The second-order valence-electron chi connectivity index (χ2n) is 9.11. The summed E-state index contributed by atoms with van der Waals surface area (Å²) in [6, 6.07) is 44.0. The van der Waals surface area contributed by atoms with Crippen LogP contribution in [-0.4, -0.2) is 6.71 Å². The molecule has 5 aromatic carbocycles. The van der Waals surface area contributed by atoms with Gasteiger partial charge in [-0.05, 0) is 77.4 Å². The van der Waals surface area contributed by atoms with Gasteiger partial charge in [0.05, 0.1) is 0 Å². The molecule has 0 atom stereocenters. The summed E-state index contributed by atoms with van der Waals surface area (Å²) < 4.78 is 0. The van der Waals surface area contributed by atoms with Crippen LogP contribution in [0.5, 0.6) is 0 Å². The minimum atomic E-state index is 0.193. The van der Waals surface area contributed by atoms with Gasteiger partial charge in [-0.1, -0.05) is 72.8 Å². The fourth-order valence-electron chi connectivity index (χ4n) is 5.74. The van der Waals surface area contributed by atoms with Gasteiger partial charge in [-0.3, -0.25) is 0 Å². The molecule has 0 amide bonds. The van der Waals surface area contributed by atoms with Crippen LogP contribution >= 0.6 is 0 Å². The molecule has 3 heteroatoms. The number of hydrogen-bond donors (Lipinski definition) is 0. The average molecular weight is 434 g/mol. The standard InChI is InChI=1S/C31H23BN2/c1-22-20-29-31-30(21-22)34(24-14-6-3-7-15-24)28-19-11-9-17-26(28)32(31)25-16-8-10-18-27(25)33(29)23-12-4-2-5-13-23/h2-21H,1H3. The van der Waals surface area contributed by atoms with Gasteiger partial charge in [0.15, 0.2) is 0 Å². The number of fused-ring (bicyclic) bond motifs is 4. The quantitative estimate of drug-likeness (QED) is 0.305. The molecule has 7 rings (SSSR count). The van der Waals surface area contributed by atoms with Gasteiger partial charge in [-0.2, -0.15) is 0 Å². The Kier molecular flexibility index (Phi) is 4.19. The number of para-hydroxylation sites is 4. The zero-order valence-corrected chi connectivity index (χ0v) is 19.0. The van der Waals surface area contributed by atoms with Crippen LogP contribution in [0, 0.1) is 6.92 Å².